The zero-order valence-corrected chi connectivity index (χ0v) is 20.5. The molecule has 0 aliphatic rings. The molecule has 2 unspecified atom stereocenters. The molecule has 7 nitrogen and oxygen atoms in total. The number of hydrogen-bond acceptors (Lipinski definition) is 6. The van der Waals surface area contributed by atoms with Crippen molar-refractivity contribution in [2.45, 2.75) is 31.8 Å². The van der Waals surface area contributed by atoms with Gasteiger partial charge in [-0.15, -0.1) is 23.2 Å². The van der Waals surface area contributed by atoms with E-state index in [0.29, 0.717) is 36.0 Å². The van der Waals surface area contributed by atoms with Crippen LogP contribution < -0.4 is 16.0 Å². The third-order valence-electron chi connectivity index (χ3n) is 5.16. The summed E-state index contributed by atoms with van der Waals surface area (Å²) in [6.45, 7) is 2.94. The topological polar surface area (TPSA) is 105 Å². The lowest BCUT2D eigenvalue weighted by Gasteiger charge is -2.24. The average molecular weight is 514 g/mol. The first-order valence-corrected chi connectivity index (χ1v) is 12.0. The van der Waals surface area contributed by atoms with Gasteiger partial charge >= 0.3 is 5.97 Å². The quantitative estimate of drug-likeness (QED) is 0.281. The molecule has 0 saturated carbocycles. The van der Waals surface area contributed by atoms with Gasteiger partial charge in [0.25, 0.3) is 0 Å². The summed E-state index contributed by atoms with van der Waals surface area (Å²) < 4.78 is 18.3. The molecular formula is C24H30Cl2FN3O4. The first-order chi connectivity index (χ1) is 16.3. The number of benzene rings is 2. The maximum atomic E-state index is 13.2. The second-order valence-corrected chi connectivity index (χ2v) is 8.39. The summed E-state index contributed by atoms with van der Waals surface area (Å²) in [7, 11) is 0. The molecule has 2 atom stereocenters. The van der Waals surface area contributed by atoms with Crippen LogP contribution in [0, 0.1) is 5.82 Å². The molecule has 1 amide bonds. The molecule has 0 fully saturated rings. The summed E-state index contributed by atoms with van der Waals surface area (Å²) in [6, 6.07) is 8.68. The minimum atomic E-state index is -1.02. The predicted octanol–water partition coefficient (Wildman–Crippen LogP) is 2.98. The van der Waals surface area contributed by atoms with Gasteiger partial charge in [0, 0.05) is 49.4 Å². The summed E-state index contributed by atoms with van der Waals surface area (Å²) in [4.78, 5) is 27.1. The number of ether oxygens (including phenoxy) is 1. The highest BCUT2D eigenvalue weighted by Crippen LogP contribution is 2.26. The highest BCUT2D eigenvalue weighted by Gasteiger charge is 2.26. The number of hydrogen-bond donors (Lipinski definition) is 3. The van der Waals surface area contributed by atoms with Crippen molar-refractivity contribution in [1.82, 2.24) is 5.32 Å². The average Bonchev–Trinajstić information content (AvgIpc) is 2.81. The molecule has 0 spiro atoms. The van der Waals surface area contributed by atoms with E-state index in [9.17, 15) is 19.1 Å². The van der Waals surface area contributed by atoms with Crippen LogP contribution >= 0.6 is 23.2 Å². The normalized spacial score (nSPS) is 12.6. The van der Waals surface area contributed by atoms with E-state index in [1.165, 1.54) is 24.3 Å². The van der Waals surface area contributed by atoms with Crippen LogP contribution in [0.1, 0.15) is 18.1 Å². The molecule has 2 rings (SSSR count). The van der Waals surface area contributed by atoms with Gasteiger partial charge in [0.2, 0.25) is 5.91 Å². The summed E-state index contributed by atoms with van der Waals surface area (Å²) in [5, 5.41) is 13.1. The molecule has 34 heavy (non-hydrogen) atoms. The second kappa shape index (κ2) is 14.0. The van der Waals surface area contributed by atoms with Gasteiger partial charge in [-0.2, -0.15) is 0 Å². The van der Waals surface area contributed by atoms with Crippen molar-refractivity contribution in [3.63, 3.8) is 0 Å². The molecule has 10 heteroatoms. The summed E-state index contributed by atoms with van der Waals surface area (Å²) in [6.07, 6.45) is 0.170. The van der Waals surface area contributed by atoms with E-state index in [1.54, 1.807) is 25.1 Å². The molecule has 0 aliphatic heterocycles. The third-order valence-corrected chi connectivity index (χ3v) is 5.50. The van der Waals surface area contributed by atoms with Crippen molar-refractivity contribution < 1.29 is 23.8 Å². The molecule has 0 radical (unpaired) electrons. The first kappa shape index (κ1) is 27.7. The van der Waals surface area contributed by atoms with E-state index in [2.05, 4.69) is 5.32 Å². The van der Waals surface area contributed by atoms with Gasteiger partial charge in [-0.05, 0) is 36.2 Å². The number of anilines is 1. The van der Waals surface area contributed by atoms with Crippen LogP contribution in [0.2, 0.25) is 0 Å². The number of halogens is 3. The lowest BCUT2D eigenvalue weighted by molar-refractivity contribution is -0.147. The van der Waals surface area contributed by atoms with Crippen LogP contribution in [-0.4, -0.2) is 60.5 Å². The largest absolute Gasteiger partial charge is 0.508 e. The minimum Gasteiger partial charge on any atom is -0.508 e. The number of nitrogens with zero attached hydrogens (tertiary/aromatic N) is 1. The summed E-state index contributed by atoms with van der Waals surface area (Å²) in [5.74, 6) is -0.786. The number of amides is 1. The Hall–Kier alpha value is -2.55. The molecule has 0 saturated heterocycles. The van der Waals surface area contributed by atoms with E-state index in [1.807, 2.05) is 4.90 Å². The minimum absolute atomic E-state index is 0.0110. The van der Waals surface area contributed by atoms with Crippen LogP contribution in [-0.2, 0) is 27.2 Å². The zero-order chi connectivity index (χ0) is 25.1. The van der Waals surface area contributed by atoms with Crippen LogP contribution in [0.5, 0.6) is 5.75 Å². The molecule has 186 valence electrons. The van der Waals surface area contributed by atoms with Crippen molar-refractivity contribution in [1.29, 1.82) is 0 Å². The Labute approximate surface area is 209 Å². The van der Waals surface area contributed by atoms with Gasteiger partial charge in [0.05, 0.1) is 12.6 Å². The molecule has 2 aromatic carbocycles. The first-order valence-electron chi connectivity index (χ1n) is 10.9. The SMILES string of the molecule is CCOC(=O)C(Cc1ccc(F)cc1)NC(=O)C(N)Cc1ccc(N(CCCl)CCCl)cc1O. The van der Waals surface area contributed by atoms with E-state index >= 15 is 0 Å². The Morgan fingerprint density at radius 1 is 1.12 bits per heavy atom. The lowest BCUT2D eigenvalue weighted by atomic mass is 10.0. The molecule has 0 heterocycles. The Bertz CT molecular complexity index is 940. The number of nitrogens with one attached hydrogen (secondary N) is 1. The number of carbonyl (C=O) groups is 2. The number of phenolic OH excluding ortho intramolecular Hbond substituents is 1. The van der Waals surface area contributed by atoms with Gasteiger partial charge in [-0.25, -0.2) is 9.18 Å². The third kappa shape index (κ3) is 8.34. The number of alkyl halides is 2. The van der Waals surface area contributed by atoms with Gasteiger partial charge in [-0.3, -0.25) is 4.79 Å². The fourth-order valence-corrected chi connectivity index (χ4v) is 3.80. The van der Waals surface area contributed by atoms with Gasteiger partial charge in [-0.1, -0.05) is 18.2 Å². The molecule has 4 N–H and O–H groups in total. The summed E-state index contributed by atoms with van der Waals surface area (Å²) in [5.41, 5.74) is 7.96. The van der Waals surface area contributed by atoms with Crippen LogP contribution in [0.25, 0.3) is 0 Å². The monoisotopic (exact) mass is 513 g/mol. The standard InChI is InChI=1S/C24H30Cl2FN3O4/c1-2-34-24(33)21(13-16-3-6-18(27)7-4-16)29-23(32)20(28)14-17-5-8-19(15-22(17)31)30(11-9-25)12-10-26/h3-8,15,20-21,31H,2,9-14,28H2,1H3,(H,29,32). The summed E-state index contributed by atoms with van der Waals surface area (Å²) >= 11 is 11.7. The second-order valence-electron chi connectivity index (χ2n) is 7.63. The van der Waals surface area contributed by atoms with E-state index in [-0.39, 0.29) is 25.2 Å². The van der Waals surface area contributed by atoms with Gasteiger partial charge in [0.15, 0.2) is 0 Å². The zero-order valence-electron chi connectivity index (χ0n) is 19.0. The molecule has 0 aliphatic carbocycles. The smallest absolute Gasteiger partial charge is 0.328 e. The number of aromatic hydroxyl groups is 1. The van der Waals surface area contributed by atoms with Crippen molar-refractivity contribution in [2.75, 3.05) is 36.4 Å². The maximum absolute atomic E-state index is 13.2. The Morgan fingerprint density at radius 2 is 1.76 bits per heavy atom. The Balaban J connectivity index is 2.08. The number of rotatable bonds is 13. The van der Waals surface area contributed by atoms with E-state index in [4.69, 9.17) is 33.7 Å². The van der Waals surface area contributed by atoms with Crippen LogP contribution in [0.4, 0.5) is 10.1 Å². The van der Waals surface area contributed by atoms with Crippen molar-refractivity contribution in [3.05, 3.63) is 59.4 Å². The predicted molar refractivity (Wildman–Crippen MR) is 132 cm³/mol. The Kier molecular flexibility index (Phi) is 11.4. The molecular weight excluding hydrogens is 484 g/mol. The molecule has 0 aromatic heterocycles. The Morgan fingerprint density at radius 3 is 2.32 bits per heavy atom. The van der Waals surface area contributed by atoms with E-state index in [0.717, 1.165) is 5.69 Å². The van der Waals surface area contributed by atoms with Crippen molar-refractivity contribution >= 4 is 40.8 Å². The fraction of sp³-hybridized carbons (Fsp3) is 0.417. The number of phenols is 1. The maximum Gasteiger partial charge on any atom is 0.328 e. The van der Waals surface area contributed by atoms with Crippen LogP contribution in [0.3, 0.4) is 0 Å². The molecule has 0 bridgehead atoms. The number of carbonyl (C=O) groups excluding carboxylic acids is 2. The van der Waals surface area contributed by atoms with Gasteiger partial charge < -0.3 is 25.8 Å². The number of esters is 1. The lowest BCUT2D eigenvalue weighted by Crippen LogP contribution is -2.50. The van der Waals surface area contributed by atoms with Crippen molar-refractivity contribution in [3.8, 4) is 5.75 Å². The van der Waals surface area contributed by atoms with Crippen LogP contribution in [0.15, 0.2) is 42.5 Å². The van der Waals surface area contributed by atoms with E-state index < -0.39 is 29.8 Å². The fourth-order valence-electron chi connectivity index (χ4n) is 3.40. The highest BCUT2D eigenvalue weighted by molar-refractivity contribution is 6.18. The van der Waals surface area contributed by atoms with Crippen molar-refractivity contribution in [2.24, 2.45) is 5.73 Å². The van der Waals surface area contributed by atoms with Gasteiger partial charge in [0.1, 0.15) is 17.6 Å². The molecule has 2 aromatic rings. The highest BCUT2D eigenvalue weighted by atomic mass is 35.5. The number of nitrogens with two attached hydrogens (primary N) is 1.